The average Bonchev–Trinajstić information content (AvgIpc) is 3.20. The largest absolute Gasteiger partial charge is 0.339 e. The van der Waals surface area contributed by atoms with Crippen molar-refractivity contribution in [2.75, 3.05) is 26.2 Å². The molecule has 2 heterocycles. The van der Waals surface area contributed by atoms with Crippen molar-refractivity contribution in [1.29, 1.82) is 0 Å². The molecule has 0 aromatic carbocycles. The van der Waals surface area contributed by atoms with Crippen LogP contribution in [0, 0.1) is 10.8 Å². The second-order valence-electron chi connectivity index (χ2n) is 11.0. The summed E-state index contributed by atoms with van der Waals surface area (Å²) in [6, 6.07) is 0.0420. The Kier molecular flexibility index (Phi) is 8.31. The van der Waals surface area contributed by atoms with Crippen molar-refractivity contribution < 1.29 is 14.4 Å². The van der Waals surface area contributed by atoms with E-state index in [1.807, 2.05) is 4.90 Å². The smallest absolute Gasteiger partial charge is 0.324 e. The van der Waals surface area contributed by atoms with Gasteiger partial charge in [-0.1, -0.05) is 34.6 Å². The van der Waals surface area contributed by atoms with Crippen LogP contribution in [0.1, 0.15) is 80.1 Å². The van der Waals surface area contributed by atoms with Crippen LogP contribution < -0.4 is 10.6 Å². The van der Waals surface area contributed by atoms with Crippen LogP contribution >= 0.6 is 0 Å². The average molecular weight is 423 g/mol. The number of imide groups is 1. The fraction of sp³-hybridized carbons (Fsp3) is 0.870. The summed E-state index contributed by atoms with van der Waals surface area (Å²) >= 11 is 0. The Morgan fingerprint density at radius 2 is 1.80 bits per heavy atom. The molecule has 0 aromatic rings. The highest BCUT2D eigenvalue weighted by molar-refractivity contribution is 5.96. The molecule has 7 heteroatoms. The van der Waals surface area contributed by atoms with Crippen LogP contribution in [-0.4, -0.2) is 65.9 Å². The lowest BCUT2D eigenvalue weighted by atomic mass is 9.87. The van der Waals surface area contributed by atoms with Gasteiger partial charge in [0.15, 0.2) is 0 Å². The summed E-state index contributed by atoms with van der Waals surface area (Å²) in [4.78, 5) is 40.0. The molecule has 2 fully saturated rings. The van der Waals surface area contributed by atoms with E-state index in [0.29, 0.717) is 19.0 Å². The third-order valence-electron chi connectivity index (χ3n) is 6.24. The van der Waals surface area contributed by atoms with Gasteiger partial charge in [0.25, 0.3) is 0 Å². The summed E-state index contributed by atoms with van der Waals surface area (Å²) in [5.74, 6) is 0.0942. The number of nitrogens with zero attached hydrogens (tertiary/aromatic N) is 2. The molecule has 0 bridgehead atoms. The van der Waals surface area contributed by atoms with E-state index in [9.17, 15) is 14.4 Å². The van der Waals surface area contributed by atoms with E-state index in [2.05, 4.69) is 45.3 Å². The Hall–Kier alpha value is -1.63. The van der Waals surface area contributed by atoms with Crippen molar-refractivity contribution >= 4 is 17.8 Å². The number of urea groups is 1. The van der Waals surface area contributed by atoms with Crippen LogP contribution in [0.25, 0.3) is 0 Å². The van der Waals surface area contributed by atoms with Crippen molar-refractivity contribution in [3.05, 3.63) is 0 Å². The molecule has 2 rings (SSSR count). The zero-order chi connectivity index (χ0) is 22.5. The molecule has 4 amide bonds. The molecule has 2 aliphatic rings. The van der Waals surface area contributed by atoms with Crippen LogP contribution in [0.2, 0.25) is 0 Å². The number of carbonyl (C=O) groups is 3. The molecule has 7 nitrogen and oxygen atoms in total. The monoisotopic (exact) mass is 422 g/mol. The summed E-state index contributed by atoms with van der Waals surface area (Å²) in [5, 5.41) is 6.48. The third-order valence-corrected chi connectivity index (χ3v) is 6.24. The molecule has 0 radical (unpaired) electrons. The summed E-state index contributed by atoms with van der Waals surface area (Å²) in [6.07, 6.45) is 5.01. The van der Waals surface area contributed by atoms with Crippen molar-refractivity contribution in [3.63, 3.8) is 0 Å². The second kappa shape index (κ2) is 10.1. The van der Waals surface area contributed by atoms with Gasteiger partial charge in [0.05, 0.1) is 0 Å². The first-order chi connectivity index (χ1) is 13.9. The van der Waals surface area contributed by atoms with Crippen molar-refractivity contribution in [2.24, 2.45) is 10.8 Å². The Morgan fingerprint density at radius 3 is 2.43 bits per heavy atom. The molecule has 2 aliphatic heterocycles. The normalized spacial score (nSPS) is 22.7. The number of carbonyl (C=O) groups excluding carboxylic acids is 3. The molecule has 0 aromatic heterocycles. The number of nitrogens with one attached hydrogen (secondary N) is 2. The van der Waals surface area contributed by atoms with Gasteiger partial charge in [0.2, 0.25) is 11.8 Å². The van der Waals surface area contributed by atoms with Gasteiger partial charge >= 0.3 is 6.03 Å². The van der Waals surface area contributed by atoms with Gasteiger partial charge < -0.3 is 15.5 Å². The van der Waals surface area contributed by atoms with E-state index in [0.717, 1.165) is 51.7 Å². The fourth-order valence-corrected chi connectivity index (χ4v) is 4.64. The van der Waals surface area contributed by atoms with E-state index in [1.54, 1.807) is 6.92 Å². The maximum Gasteiger partial charge on any atom is 0.324 e. The Balaban J connectivity index is 1.74. The highest BCUT2D eigenvalue weighted by Crippen LogP contribution is 2.30. The van der Waals surface area contributed by atoms with Crippen LogP contribution in [0.3, 0.4) is 0 Å². The quantitative estimate of drug-likeness (QED) is 0.630. The van der Waals surface area contributed by atoms with Crippen LogP contribution in [0.15, 0.2) is 0 Å². The zero-order valence-corrected chi connectivity index (χ0v) is 19.8. The molecule has 1 unspecified atom stereocenters. The van der Waals surface area contributed by atoms with Gasteiger partial charge in [-0.15, -0.1) is 0 Å². The lowest BCUT2D eigenvalue weighted by Gasteiger charge is -2.30. The number of hydrogen-bond acceptors (Lipinski definition) is 4. The molecular weight excluding hydrogens is 380 g/mol. The summed E-state index contributed by atoms with van der Waals surface area (Å²) < 4.78 is 0. The third kappa shape index (κ3) is 7.25. The van der Waals surface area contributed by atoms with Crippen LogP contribution in [-0.2, 0) is 9.59 Å². The zero-order valence-electron chi connectivity index (χ0n) is 19.8. The first-order valence-electron chi connectivity index (χ1n) is 11.5. The van der Waals surface area contributed by atoms with Crippen LogP contribution in [0.4, 0.5) is 4.79 Å². The molecule has 0 saturated carbocycles. The molecule has 0 aliphatic carbocycles. The van der Waals surface area contributed by atoms with E-state index in [4.69, 9.17) is 0 Å². The van der Waals surface area contributed by atoms with E-state index < -0.39 is 0 Å². The van der Waals surface area contributed by atoms with Gasteiger partial charge in [-0.3, -0.25) is 14.5 Å². The standard InChI is InChI=1S/C23H42N4O3/c1-17(28)26-13-7-8-19(26)15-24-16-23(5,6)11-12-25-21(30)27-18(9-10-20(27)29)14-22(2,3)4/h18-19,24H,7-16H2,1-6H3,(H,25,30)/t18?,19-/m0/s1. The molecule has 30 heavy (non-hydrogen) atoms. The molecule has 172 valence electrons. The van der Waals surface area contributed by atoms with E-state index in [-0.39, 0.29) is 34.7 Å². The lowest BCUT2D eigenvalue weighted by Crippen LogP contribution is -2.47. The van der Waals surface area contributed by atoms with Crippen LogP contribution in [0.5, 0.6) is 0 Å². The van der Waals surface area contributed by atoms with Gasteiger partial charge in [0.1, 0.15) is 0 Å². The lowest BCUT2D eigenvalue weighted by molar-refractivity contribution is -0.129. The highest BCUT2D eigenvalue weighted by Gasteiger charge is 2.37. The van der Waals surface area contributed by atoms with Crippen molar-refractivity contribution in [3.8, 4) is 0 Å². The SMILES string of the molecule is CC(=O)N1CCC[C@H]1CNCC(C)(C)CCNC(=O)N1C(=O)CCC1CC(C)(C)C. The topological polar surface area (TPSA) is 81.8 Å². The Bertz CT molecular complexity index is 626. The number of hydrogen-bond donors (Lipinski definition) is 2. The number of rotatable bonds is 8. The van der Waals surface area contributed by atoms with Gasteiger partial charge in [0, 0.05) is 51.6 Å². The minimum absolute atomic E-state index is 0.00260. The Labute approximate surface area is 182 Å². The first-order valence-corrected chi connectivity index (χ1v) is 11.5. The molecule has 0 spiro atoms. The minimum atomic E-state index is -0.251. The summed E-state index contributed by atoms with van der Waals surface area (Å²) in [6.45, 7) is 15.5. The van der Waals surface area contributed by atoms with Crippen molar-refractivity contribution in [1.82, 2.24) is 20.4 Å². The van der Waals surface area contributed by atoms with Crippen molar-refractivity contribution in [2.45, 2.75) is 92.2 Å². The predicted octanol–water partition coefficient (Wildman–Crippen LogP) is 3.14. The maximum absolute atomic E-state index is 12.7. The van der Waals surface area contributed by atoms with E-state index in [1.165, 1.54) is 4.90 Å². The Morgan fingerprint density at radius 1 is 1.10 bits per heavy atom. The fourth-order valence-electron chi connectivity index (χ4n) is 4.64. The molecule has 2 saturated heterocycles. The van der Waals surface area contributed by atoms with Gasteiger partial charge in [-0.25, -0.2) is 4.79 Å². The predicted molar refractivity (Wildman–Crippen MR) is 119 cm³/mol. The maximum atomic E-state index is 12.7. The highest BCUT2D eigenvalue weighted by atomic mass is 16.2. The number of likely N-dealkylation sites (tertiary alicyclic amines) is 2. The second-order valence-corrected chi connectivity index (χ2v) is 11.0. The molecular formula is C23H42N4O3. The minimum Gasteiger partial charge on any atom is -0.339 e. The number of amides is 4. The molecule has 2 N–H and O–H groups in total. The first kappa shape index (κ1) is 24.6. The summed E-state index contributed by atoms with van der Waals surface area (Å²) in [7, 11) is 0. The van der Waals surface area contributed by atoms with E-state index >= 15 is 0 Å². The van der Waals surface area contributed by atoms with Gasteiger partial charge in [-0.2, -0.15) is 0 Å². The van der Waals surface area contributed by atoms with Gasteiger partial charge in [-0.05, 0) is 42.9 Å². The summed E-state index contributed by atoms with van der Waals surface area (Å²) in [5.41, 5.74) is 0.0888. The molecule has 2 atom stereocenters.